The Morgan fingerprint density at radius 1 is 1.04 bits per heavy atom. The maximum atomic E-state index is 11.5. The second-order valence-electron chi connectivity index (χ2n) is 7.53. The molecule has 2 heterocycles. The standard InChI is InChI=1S/C18H29N3O4S/c1-13-18(19-12-17(20-13)26(3,22)23)25-15-6-4-14(5-7-15)24-16-8-10-21(2)11-9-16/h12,14-16H,4-11H2,1-3H3. The Hall–Kier alpha value is -1.25. The molecule has 1 aliphatic heterocycles. The molecule has 0 unspecified atom stereocenters. The summed E-state index contributed by atoms with van der Waals surface area (Å²) in [6.45, 7) is 3.96. The summed E-state index contributed by atoms with van der Waals surface area (Å²) in [7, 11) is -1.19. The summed E-state index contributed by atoms with van der Waals surface area (Å²) in [5.41, 5.74) is 0.512. The first-order valence-electron chi connectivity index (χ1n) is 9.35. The first-order chi connectivity index (χ1) is 12.3. The van der Waals surface area contributed by atoms with E-state index in [9.17, 15) is 8.42 Å². The molecule has 0 spiro atoms. The van der Waals surface area contributed by atoms with E-state index in [4.69, 9.17) is 9.47 Å². The normalized spacial score (nSPS) is 26.0. The molecule has 7 nitrogen and oxygen atoms in total. The maximum Gasteiger partial charge on any atom is 0.235 e. The Balaban J connectivity index is 1.48. The summed E-state index contributed by atoms with van der Waals surface area (Å²) in [6.07, 6.45) is 9.27. The van der Waals surface area contributed by atoms with E-state index in [1.807, 2.05) is 0 Å². The van der Waals surface area contributed by atoms with Gasteiger partial charge in [-0.25, -0.2) is 18.4 Å². The van der Waals surface area contributed by atoms with Gasteiger partial charge in [0.2, 0.25) is 5.88 Å². The van der Waals surface area contributed by atoms with Gasteiger partial charge in [-0.3, -0.25) is 0 Å². The van der Waals surface area contributed by atoms with Gasteiger partial charge in [0.15, 0.2) is 14.9 Å². The highest BCUT2D eigenvalue weighted by Gasteiger charge is 2.27. The largest absolute Gasteiger partial charge is 0.473 e. The fraction of sp³-hybridized carbons (Fsp3) is 0.778. The number of likely N-dealkylation sites (tertiary alicyclic amines) is 1. The van der Waals surface area contributed by atoms with Gasteiger partial charge in [0.05, 0.1) is 18.4 Å². The second kappa shape index (κ2) is 8.19. The van der Waals surface area contributed by atoms with Crippen molar-refractivity contribution in [2.24, 2.45) is 0 Å². The average molecular weight is 384 g/mol. The van der Waals surface area contributed by atoms with Gasteiger partial charge in [-0.05, 0) is 52.5 Å². The van der Waals surface area contributed by atoms with Crippen LogP contribution in [0, 0.1) is 6.92 Å². The molecule has 26 heavy (non-hydrogen) atoms. The van der Waals surface area contributed by atoms with E-state index >= 15 is 0 Å². The number of rotatable bonds is 5. The number of hydrogen-bond acceptors (Lipinski definition) is 7. The molecule has 1 aromatic rings. The molecule has 1 saturated carbocycles. The number of aromatic nitrogens is 2. The highest BCUT2D eigenvalue weighted by molar-refractivity contribution is 7.90. The van der Waals surface area contributed by atoms with Crippen LogP contribution in [0.25, 0.3) is 0 Å². The number of aryl methyl sites for hydroxylation is 1. The van der Waals surface area contributed by atoms with Crippen molar-refractivity contribution < 1.29 is 17.9 Å². The van der Waals surface area contributed by atoms with E-state index < -0.39 is 9.84 Å². The lowest BCUT2D eigenvalue weighted by molar-refractivity contribution is -0.0646. The number of ether oxygens (including phenoxy) is 2. The van der Waals surface area contributed by atoms with Gasteiger partial charge in [0.25, 0.3) is 0 Å². The molecule has 0 bridgehead atoms. The molecule has 0 N–H and O–H groups in total. The highest BCUT2D eigenvalue weighted by Crippen LogP contribution is 2.28. The summed E-state index contributed by atoms with van der Waals surface area (Å²) in [5.74, 6) is 0.428. The number of hydrogen-bond donors (Lipinski definition) is 0. The predicted octanol–water partition coefficient (Wildman–Crippen LogP) is 1.99. The van der Waals surface area contributed by atoms with Crippen molar-refractivity contribution in [1.29, 1.82) is 0 Å². The van der Waals surface area contributed by atoms with Gasteiger partial charge in [-0.1, -0.05) is 0 Å². The molecule has 2 fully saturated rings. The SMILES string of the molecule is Cc1nc(S(C)(=O)=O)cnc1OC1CCC(OC2CCN(C)CC2)CC1. The van der Waals surface area contributed by atoms with Crippen LogP contribution >= 0.6 is 0 Å². The van der Waals surface area contributed by atoms with Crippen LogP contribution in [0.15, 0.2) is 11.2 Å². The number of nitrogens with zero attached hydrogens (tertiary/aromatic N) is 3. The average Bonchev–Trinajstić information content (AvgIpc) is 2.59. The van der Waals surface area contributed by atoms with Crippen molar-refractivity contribution in [3.05, 3.63) is 11.9 Å². The first-order valence-corrected chi connectivity index (χ1v) is 11.2. The Kier molecular flexibility index (Phi) is 6.14. The van der Waals surface area contributed by atoms with Crippen LogP contribution in [0.2, 0.25) is 0 Å². The summed E-state index contributed by atoms with van der Waals surface area (Å²) in [4.78, 5) is 10.6. The monoisotopic (exact) mass is 383 g/mol. The lowest BCUT2D eigenvalue weighted by Crippen LogP contribution is -2.38. The van der Waals surface area contributed by atoms with Gasteiger partial charge in [0, 0.05) is 19.3 Å². The van der Waals surface area contributed by atoms with Gasteiger partial charge in [-0.15, -0.1) is 0 Å². The highest BCUT2D eigenvalue weighted by atomic mass is 32.2. The van der Waals surface area contributed by atoms with E-state index in [-0.39, 0.29) is 11.1 Å². The van der Waals surface area contributed by atoms with Crippen LogP contribution in [0.5, 0.6) is 5.88 Å². The molecule has 146 valence electrons. The van der Waals surface area contributed by atoms with Crippen LogP contribution < -0.4 is 4.74 Å². The topological polar surface area (TPSA) is 81.6 Å². The van der Waals surface area contributed by atoms with E-state index in [0.717, 1.165) is 57.9 Å². The molecule has 1 aliphatic carbocycles. The summed E-state index contributed by atoms with van der Waals surface area (Å²) in [5, 5.41) is -0.0161. The molecular formula is C18H29N3O4S. The molecule has 1 aromatic heterocycles. The van der Waals surface area contributed by atoms with Gasteiger partial charge in [0.1, 0.15) is 11.8 Å². The van der Waals surface area contributed by atoms with E-state index in [1.165, 1.54) is 6.20 Å². The lowest BCUT2D eigenvalue weighted by Gasteiger charge is -2.34. The lowest BCUT2D eigenvalue weighted by atomic mass is 9.94. The Morgan fingerprint density at radius 3 is 2.19 bits per heavy atom. The van der Waals surface area contributed by atoms with Crippen molar-refractivity contribution >= 4 is 9.84 Å². The number of piperidine rings is 1. The smallest absolute Gasteiger partial charge is 0.235 e. The Bertz CT molecular complexity index is 709. The fourth-order valence-corrected chi connectivity index (χ4v) is 4.13. The molecule has 0 aromatic carbocycles. The summed E-state index contributed by atoms with van der Waals surface area (Å²) in [6, 6.07) is 0. The van der Waals surface area contributed by atoms with Crippen LogP contribution in [0.3, 0.4) is 0 Å². The third-order valence-electron chi connectivity index (χ3n) is 5.21. The Morgan fingerprint density at radius 2 is 1.62 bits per heavy atom. The van der Waals surface area contributed by atoms with Crippen LogP contribution in [-0.2, 0) is 14.6 Å². The summed E-state index contributed by atoms with van der Waals surface area (Å²) >= 11 is 0. The van der Waals surface area contributed by atoms with Gasteiger partial charge in [-0.2, -0.15) is 0 Å². The second-order valence-corrected chi connectivity index (χ2v) is 9.49. The zero-order valence-corrected chi connectivity index (χ0v) is 16.7. The summed E-state index contributed by atoms with van der Waals surface area (Å²) < 4.78 is 35.3. The Labute approximate surface area is 156 Å². The van der Waals surface area contributed by atoms with E-state index in [1.54, 1.807) is 6.92 Å². The fourth-order valence-electron chi connectivity index (χ4n) is 3.58. The van der Waals surface area contributed by atoms with Crippen LogP contribution in [0.1, 0.15) is 44.2 Å². The van der Waals surface area contributed by atoms with Crippen molar-refractivity contribution in [2.75, 3.05) is 26.4 Å². The van der Waals surface area contributed by atoms with Crippen molar-refractivity contribution in [1.82, 2.24) is 14.9 Å². The van der Waals surface area contributed by atoms with Gasteiger partial charge >= 0.3 is 0 Å². The third kappa shape index (κ3) is 5.14. The zero-order valence-electron chi connectivity index (χ0n) is 15.8. The predicted molar refractivity (Wildman–Crippen MR) is 98.2 cm³/mol. The van der Waals surface area contributed by atoms with Crippen molar-refractivity contribution in [3.8, 4) is 5.88 Å². The minimum Gasteiger partial charge on any atom is -0.473 e. The minimum atomic E-state index is -3.35. The maximum absolute atomic E-state index is 11.5. The third-order valence-corrected chi connectivity index (χ3v) is 6.17. The first kappa shape index (κ1) is 19.5. The molecule has 3 rings (SSSR count). The molecular weight excluding hydrogens is 354 g/mol. The van der Waals surface area contributed by atoms with Gasteiger partial charge < -0.3 is 14.4 Å². The van der Waals surface area contributed by atoms with Crippen molar-refractivity contribution in [3.63, 3.8) is 0 Å². The molecule has 2 aliphatic rings. The molecule has 0 radical (unpaired) electrons. The van der Waals surface area contributed by atoms with Crippen molar-refractivity contribution in [2.45, 2.75) is 68.8 Å². The molecule has 1 saturated heterocycles. The number of sulfone groups is 1. The quantitative estimate of drug-likeness (QED) is 0.769. The van der Waals surface area contributed by atoms with E-state index in [2.05, 4.69) is 21.9 Å². The van der Waals surface area contributed by atoms with E-state index in [0.29, 0.717) is 23.8 Å². The minimum absolute atomic E-state index is 0.0161. The molecule has 0 atom stereocenters. The van der Waals surface area contributed by atoms with Crippen LogP contribution in [-0.4, -0.2) is 68.0 Å². The van der Waals surface area contributed by atoms with Crippen LogP contribution in [0.4, 0.5) is 0 Å². The molecule has 8 heteroatoms. The molecule has 0 amide bonds. The zero-order chi connectivity index (χ0) is 18.7.